The molecular weight excluding hydrogens is 394 g/mol. The van der Waals surface area contributed by atoms with E-state index in [4.69, 9.17) is 4.42 Å². The van der Waals surface area contributed by atoms with Crippen LogP contribution in [-0.2, 0) is 21.4 Å². The standard InChI is InChI=1S/C20H27N3O5S/c1-14-9-15(2)12-22(11-14)29(26,27)16-5-6-17-18(10-16)28-20(25)23(17)13-19(24)21-7-3-4-8-21/h5-6,10,14-15H,3-4,7-9,11-13H2,1-2H3. The monoisotopic (exact) mass is 421 g/mol. The van der Waals surface area contributed by atoms with E-state index in [1.165, 1.54) is 21.0 Å². The lowest BCUT2D eigenvalue weighted by atomic mass is 9.94. The number of amides is 1. The van der Waals surface area contributed by atoms with E-state index in [2.05, 4.69) is 13.8 Å². The van der Waals surface area contributed by atoms with Crippen molar-refractivity contribution in [3.8, 4) is 0 Å². The summed E-state index contributed by atoms with van der Waals surface area (Å²) in [5.41, 5.74) is 0.616. The summed E-state index contributed by atoms with van der Waals surface area (Å²) >= 11 is 0. The summed E-state index contributed by atoms with van der Waals surface area (Å²) in [6.45, 7) is 6.39. The molecule has 0 bridgehead atoms. The predicted octanol–water partition coefficient (Wildman–Crippen LogP) is 1.88. The van der Waals surface area contributed by atoms with Crippen LogP contribution in [-0.4, -0.2) is 54.3 Å². The number of nitrogens with zero attached hydrogens (tertiary/aromatic N) is 3. The number of sulfonamides is 1. The van der Waals surface area contributed by atoms with Crippen molar-refractivity contribution >= 4 is 27.0 Å². The van der Waals surface area contributed by atoms with E-state index in [0.29, 0.717) is 43.5 Å². The predicted molar refractivity (Wildman–Crippen MR) is 108 cm³/mol. The minimum absolute atomic E-state index is 0.0981. The van der Waals surface area contributed by atoms with Gasteiger partial charge in [-0.2, -0.15) is 4.31 Å². The van der Waals surface area contributed by atoms with Crippen molar-refractivity contribution in [1.29, 1.82) is 0 Å². The molecule has 29 heavy (non-hydrogen) atoms. The van der Waals surface area contributed by atoms with Gasteiger partial charge < -0.3 is 9.32 Å². The molecular formula is C20H27N3O5S. The molecule has 4 rings (SSSR count). The number of aromatic nitrogens is 1. The van der Waals surface area contributed by atoms with Crippen molar-refractivity contribution in [2.24, 2.45) is 11.8 Å². The minimum Gasteiger partial charge on any atom is -0.408 e. The van der Waals surface area contributed by atoms with Gasteiger partial charge in [0.15, 0.2) is 5.58 Å². The minimum atomic E-state index is -3.67. The number of oxazole rings is 1. The van der Waals surface area contributed by atoms with Crippen molar-refractivity contribution in [3.05, 3.63) is 28.7 Å². The Kier molecular flexibility index (Phi) is 5.29. The van der Waals surface area contributed by atoms with Gasteiger partial charge in [-0.05, 0) is 43.2 Å². The van der Waals surface area contributed by atoms with Crippen LogP contribution in [0.5, 0.6) is 0 Å². The van der Waals surface area contributed by atoms with Crippen molar-refractivity contribution in [2.45, 2.75) is 44.6 Å². The maximum Gasteiger partial charge on any atom is 0.420 e. The maximum absolute atomic E-state index is 13.1. The van der Waals surface area contributed by atoms with E-state index < -0.39 is 15.8 Å². The molecule has 2 aliphatic heterocycles. The van der Waals surface area contributed by atoms with Crippen molar-refractivity contribution in [1.82, 2.24) is 13.8 Å². The molecule has 3 heterocycles. The fourth-order valence-corrected chi connectivity index (χ4v) is 6.21. The molecule has 0 saturated carbocycles. The Morgan fingerprint density at radius 1 is 1.14 bits per heavy atom. The van der Waals surface area contributed by atoms with Gasteiger partial charge in [0.2, 0.25) is 15.9 Å². The molecule has 0 radical (unpaired) electrons. The molecule has 158 valence electrons. The molecule has 2 fully saturated rings. The van der Waals surface area contributed by atoms with Crippen LogP contribution in [0.1, 0.15) is 33.1 Å². The highest BCUT2D eigenvalue weighted by Gasteiger charge is 2.32. The van der Waals surface area contributed by atoms with E-state index in [1.54, 1.807) is 11.0 Å². The number of hydrogen-bond acceptors (Lipinski definition) is 5. The fourth-order valence-electron chi connectivity index (χ4n) is 4.51. The Morgan fingerprint density at radius 2 is 1.79 bits per heavy atom. The summed E-state index contributed by atoms with van der Waals surface area (Å²) in [5, 5.41) is 0. The van der Waals surface area contributed by atoms with Gasteiger partial charge in [0.05, 0.1) is 10.4 Å². The number of hydrogen-bond donors (Lipinski definition) is 0. The number of likely N-dealkylation sites (tertiary alicyclic amines) is 1. The summed E-state index contributed by atoms with van der Waals surface area (Å²) in [6, 6.07) is 4.45. The Bertz CT molecular complexity index is 1070. The topological polar surface area (TPSA) is 92.8 Å². The normalized spacial score (nSPS) is 23.7. The van der Waals surface area contributed by atoms with Crippen LogP contribution in [0.25, 0.3) is 11.1 Å². The van der Waals surface area contributed by atoms with Crippen LogP contribution in [0, 0.1) is 11.8 Å². The molecule has 0 aliphatic carbocycles. The number of rotatable bonds is 4. The number of piperidine rings is 1. The Balaban J connectivity index is 1.63. The average molecular weight is 422 g/mol. The zero-order valence-electron chi connectivity index (χ0n) is 16.8. The van der Waals surface area contributed by atoms with Crippen molar-refractivity contribution in [2.75, 3.05) is 26.2 Å². The third-order valence-electron chi connectivity index (χ3n) is 5.86. The lowest BCUT2D eigenvalue weighted by Crippen LogP contribution is -2.42. The first kappa shape index (κ1) is 20.2. The third kappa shape index (κ3) is 3.85. The van der Waals surface area contributed by atoms with Crippen LogP contribution in [0.3, 0.4) is 0 Å². The average Bonchev–Trinajstić information content (AvgIpc) is 3.29. The molecule has 2 atom stereocenters. The second kappa shape index (κ2) is 7.60. The van der Waals surface area contributed by atoms with Crippen LogP contribution in [0.15, 0.2) is 32.3 Å². The van der Waals surface area contributed by atoms with Gasteiger partial charge in [-0.1, -0.05) is 13.8 Å². The highest BCUT2D eigenvalue weighted by molar-refractivity contribution is 7.89. The molecule has 1 aromatic heterocycles. The Morgan fingerprint density at radius 3 is 2.45 bits per heavy atom. The molecule has 1 amide bonds. The number of carbonyl (C=O) groups excluding carboxylic acids is 1. The van der Waals surface area contributed by atoms with Gasteiger partial charge in [-0.15, -0.1) is 0 Å². The first-order chi connectivity index (χ1) is 13.8. The van der Waals surface area contributed by atoms with E-state index in [1.807, 2.05) is 0 Å². The number of fused-ring (bicyclic) bond motifs is 1. The molecule has 2 aromatic rings. The third-order valence-corrected chi connectivity index (χ3v) is 7.69. The smallest absolute Gasteiger partial charge is 0.408 e. The fraction of sp³-hybridized carbons (Fsp3) is 0.600. The van der Waals surface area contributed by atoms with Gasteiger partial charge in [0.1, 0.15) is 6.54 Å². The number of carbonyl (C=O) groups is 1. The van der Waals surface area contributed by atoms with Gasteiger partial charge in [0, 0.05) is 32.2 Å². The van der Waals surface area contributed by atoms with Gasteiger partial charge in [-0.25, -0.2) is 13.2 Å². The van der Waals surface area contributed by atoms with Crippen LogP contribution in [0.4, 0.5) is 0 Å². The van der Waals surface area contributed by atoms with Crippen LogP contribution < -0.4 is 5.76 Å². The van der Waals surface area contributed by atoms with Gasteiger partial charge >= 0.3 is 5.76 Å². The highest BCUT2D eigenvalue weighted by Crippen LogP contribution is 2.28. The molecule has 8 nitrogen and oxygen atoms in total. The largest absolute Gasteiger partial charge is 0.420 e. The number of benzene rings is 1. The molecule has 2 unspecified atom stereocenters. The summed E-state index contributed by atoms with van der Waals surface area (Å²) in [7, 11) is -3.67. The molecule has 1 aromatic carbocycles. The first-order valence-corrected chi connectivity index (χ1v) is 11.6. The first-order valence-electron chi connectivity index (χ1n) is 10.2. The highest BCUT2D eigenvalue weighted by atomic mass is 32.2. The Hall–Kier alpha value is -2.13. The molecule has 0 spiro atoms. The quantitative estimate of drug-likeness (QED) is 0.752. The van der Waals surface area contributed by atoms with Gasteiger partial charge in [-0.3, -0.25) is 9.36 Å². The zero-order valence-corrected chi connectivity index (χ0v) is 17.7. The summed E-state index contributed by atoms with van der Waals surface area (Å²) < 4.78 is 34.3. The maximum atomic E-state index is 13.1. The Labute approximate surface area is 170 Å². The van der Waals surface area contributed by atoms with E-state index >= 15 is 0 Å². The molecule has 0 N–H and O–H groups in total. The summed E-state index contributed by atoms with van der Waals surface area (Å²) in [4.78, 5) is 26.6. The van der Waals surface area contributed by atoms with E-state index in [9.17, 15) is 18.0 Å². The summed E-state index contributed by atoms with van der Waals surface area (Å²) in [5.74, 6) is -0.177. The molecule has 9 heteroatoms. The molecule has 2 saturated heterocycles. The van der Waals surface area contributed by atoms with Crippen molar-refractivity contribution < 1.29 is 17.6 Å². The van der Waals surface area contributed by atoms with Crippen LogP contribution >= 0.6 is 0 Å². The van der Waals surface area contributed by atoms with Crippen molar-refractivity contribution in [3.63, 3.8) is 0 Å². The molecule has 2 aliphatic rings. The second-order valence-corrected chi connectivity index (χ2v) is 10.4. The SMILES string of the molecule is CC1CC(C)CN(S(=O)(=O)c2ccc3c(c2)oc(=O)n3CC(=O)N2CCCC2)C1. The van der Waals surface area contributed by atoms with E-state index in [-0.39, 0.29) is 22.9 Å². The second-order valence-electron chi connectivity index (χ2n) is 8.44. The van der Waals surface area contributed by atoms with Gasteiger partial charge in [0.25, 0.3) is 0 Å². The van der Waals surface area contributed by atoms with Crippen LogP contribution in [0.2, 0.25) is 0 Å². The summed E-state index contributed by atoms with van der Waals surface area (Å²) in [6.07, 6.45) is 2.96. The van der Waals surface area contributed by atoms with E-state index in [0.717, 1.165) is 19.3 Å². The zero-order chi connectivity index (χ0) is 20.8. The lowest BCUT2D eigenvalue weighted by Gasteiger charge is -2.34. The lowest BCUT2D eigenvalue weighted by molar-refractivity contribution is -0.130.